The van der Waals surface area contributed by atoms with Crippen molar-refractivity contribution >= 4 is 89.6 Å². The van der Waals surface area contributed by atoms with E-state index in [1.807, 2.05) is 16.0 Å². The molecule has 0 rings (SSSR count). The number of hydrogen-bond acceptors (Lipinski definition) is 19. The molecule has 10 atom stereocenters. The molecular formula is C38H66N14O18S. The normalized spacial score (nSPS) is 15.1. The second kappa shape index (κ2) is 32.8. The van der Waals surface area contributed by atoms with Gasteiger partial charge in [0.2, 0.25) is 59.1 Å². The number of carboxylic acid groups (broad SMARTS) is 2. The SMILES string of the molecule is CC(C)C[C@H](NC(=O)[C@H](CO)NC(=O)[C@H](CO)NC(=O)[C@H](C)NC(=O)[C@@H](N)CS)C(=O)N[C@@H](CCCN=C(N)N)C(=O)N[C@@H](CC(N)=O)C(=O)N[C@@H](CC(=O)O)C(=O)N[C@@H](CO)C(=O)N[C@@H](CO)C(=O)O. The van der Waals surface area contributed by atoms with Crippen LogP contribution in [0.15, 0.2) is 4.99 Å². The van der Waals surface area contributed by atoms with E-state index in [0.29, 0.717) is 0 Å². The number of nitrogens with two attached hydrogens (primary N) is 4. The number of nitrogens with one attached hydrogen (secondary N) is 9. The first-order valence-corrected chi connectivity index (χ1v) is 22.1. The highest BCUT2D eigenvalue weighted by atomic mass is 32.1. The molecule has 0 aliphatic carbocycles. The van der Waals surface area contributed by atoms with Crippen molar-refractivity contribution in [2.45, 2.75) is 113 Å². The molecule has 0 unspecified atom stereocenters. The maximum absolute atomic E-state index is 13.9. The third-order valence-electron chi connectivity index (χ3n) is 9.50. The van der Waals surface area contributed by atoms with Gasteiger partial charge in [-0.25, -0.2) is 4.79 Å². The molecule has 0 fully saturated rings. The van der Waals surface area contributed by atoms with E-state index in [1.165, 1.54) is 6.92 Å². The summed E-state index contributed by atoms with van der Waals surface area (Å²) in [6, 6.07) is -17.0. The fourth-order valence-electron chi connectivity index (χ4n) is 5.71. The molecule has 0 radical (unpaired) electrons. The van der Waals surface area contributed by atoms with Gasteiger partial charge in [0.25, 0.3) is 0 Å². The van der Waals surface area contributed by atoms with E-state index in [4.69, 9.17) is 28.0 Å². The van der Waals surface area contributed by atoms with E-state index in [9.17, 15) is 83.1 Å². The number of amides is 10. The summed E-state index contributed by atoms with van der Waals surface area (Å²) in [7, 11) is 0. The quantitative estimate of drug-likeness (QED) is 0.0123. The van der Waals surface area contributed by atoms with Crippen molar-refractivity contribution in [1.29, 1.82) is 0 Å². The van der Waals surface area contributed by atoms with Gasteiger partial charge in [-0.15, -0.1) is 0 Å². The van der Waals surface area contributed by atoms with Gasteiger partial charge in [0.15, 0.2) is 5.96 Å². The standard InChI is InChI=1S/C38H66N14O18S/c1-15(2)7-19(46-34(66)23(11-54)51-35(67)22(10-53)49-28(60)16(3)44-29(61)17(39)14-71)31(63)45-18(5-4-6-43-38(41)42)30(62)47-20(8-26(40)57)32(64)48-21(9-27(58)59)33(65)50-24(12-55)36(68)52-25(13-56)37(69)70/h15-25,53-56,71H,4-14,39H2,1-3H3,(H2,40,57)(H,44,61)(H,45,63)(H,46,66)(H,47,62)(H,48,64)(H,49,60)(H,50,65)(H,51,67)(H,52,68)(H,58,59)(H,69,70)(H4,41,42,43)/t16-,17-,18-,19-,20-,21-,22-,23-,24-,25-/m0/s1. The minimum absolute atomic E-state index is 0.0499. The number of guanidine groups is 1. The number of carbonyl (C=O) groups excluding carboxylic acids is 10. The summed E-state index contributed by atoms with van der Waals surface area (Å²) < 4.78 is 0. The van der Waals surface area contributed by atoms with E-state index >= 15 is 0 Å². The molecule has 0 bridgehead atoms. The Kier molecular flexibility index (Phi) is 29.6. The highest BCUT2D eigenvalue weighted by molar-refractivity contribution is 7.80. The number of hydrogen-bond donors (Lipinski definition) is 20. The van der Waals surface area contributed by atoms with Crippen molar-refractivity contribution < 1.29 is 88.2 Å². The van der Waals surface area contributed by atoms with Gasteiger partial charge in [-0.05, 0) is 32.1 Å². The van der Waals surface area contributed by atoms with Crippen LogP contribution in [0.5, 0.6) is 0 Å². The second-order valence-electron chi connectivity index (χ2n) is 15.9. The lowest BCUT2D eigenvalue weighted by molar-refractivity contribution is -0.144. The Morgan fingerprint density at radius 2 is 0.859 bits per heavy atom. The van der Waals surface area contributed by atoms with Crippen LogP contribution in [0.3, 0.4) is 0 Å². The Morgan fingerprint density at radius 3 is 1.25 bits per heavy atom. The number of thiol groups is 1. The van der Waals surface area contributed by atoms with Crippen molar-refractivity contribution in [1.82, 2.24) is 47.9 Å². The largest absolute Gasteiger partial charge is 0.481 e. The lowest BCUT2D eigenvalue weighted by Gasteiger charge is -2.28. The number of nitrogens with zero attached hydrogens (tertiary/aromatic N) is 1. The van der Waals surface area contributed by atoms with Crippen LogP contribution in [0.2, 0.25) is 0 Å². The first kappa shape index (κ1) is 64.1. The monoisotopic (exact) mass is 1040 g/mol. The van der Waals surface area contributed by atoms with Crippen LogP contribution in [0.4, 0.5) is 0 Å². The zero-order valence-corrected chi connectivity index (χ0v) is 39.8. The number of aliphatic carboxylic acids is 2. The third-order valence-corrected chi connectivity index (χ3v) is 9.89. The van der Waals surface area contributed by atoms with E-state index < -0.39 is 171 Å². The van der Waals surface area contributed by atoms with Gasteiger partial charge in [0, 0.05) is 12.3 Å². The average Bonchev–Trinajstić information content (AvgIpc) is 3.29. The topological polar surface area (TPSA) is 551 Å². The number of primary amides is 1. The molecule has 32 nitrogen and oxygen atoms in total. The van der Waals surface area contributed by atoms with Crippen molar-refractivity contribution in [2.75, 3.05) is 38.7 Å². The van der Waals surface area contributed by atoms with Crippen LogP contribution < -0.4 is 70.8 Å². The molecule has 0 heterocycles. The molecule has 33 heteroatoms. The van der Waals surface area contributed by atoms with E-state index in [1.54, 1.807) is 13.8 Å². The van der Waals surface area contributed by atoms with Gasteiger partial charge in [-0.3, -0.25) is 57.7 Å². The number of aliphatic imine (C=N–C) groups is 1. The molecule has 0 aliphatic heterocycles. The fourth-order valence-corrected chi connectivity index (χ4v) is 5.88. The Hall–Kier alpha value is -6.94. The van der Waals surface area contributed by atoms with Gasteiger partial charge in [-0.2, -0.15) is 12.6 Å². The van der Waals surface area contributed by atoms with Crippen LogP contribution in [-0.4, -0.2) is 207 Å². The fraction of sp³-hybridized carbons (Fsp3) is 0.658. The highest BCUT2D eigenvalue weighted by Gasteiger charge is 2.36. The molecular weight excluding hydrogens is 973 g/mol. The minimum Gasteiger partial charge on any atom is -0.481 e. The van der Waals surface area contributed by atoms with Gasteiger partial charge in [0.05, 0.1) is 45.3 Å². The predicted molar refractivity (Wildman–Crippen MR) is 246 cm³/mol. The average molecular weight is 1040 g/mol. The van der Waals surface area contributed by atoms with Crippen molar-refractivity contribution in [3.63, 3.8) is 0 Å². The van der Waals surface area contributed by atoms with E-state index in [-0.39, 0.29) is 43.4 Å². The zero-order valence-electron chi connectivity index (χ0n) is 38.9. The molecule has 0 saturated heterocycles. The maximum atomic E-state index is 13.9. The summed E-state index contributed by atoms with van der Waals surface area (Å²) in [5, 5.41) is 76.6. The van der Waals surface area contributed by atoms with Crippen molar-refractivity contribution in [3.05, 3.63) is 0 Å². The van der Waals surface area contributed by atoms with Gasteiger partial charge in [-0.1, -0.05) is 13.8 Å². The Bertz CT molecular complexity index is 1930. The molecule has 71 heavy (non-hydrogen) atoms. The molecule has 10 amide bonds. The van der Waals surface area contributed by atoms with Crippen molar-refractivity contribution in [2.24, 2.45) is 33.8 Å². The molecule has 0 saturated carbocycles. The summed E-state index contributed by atoms with van der Waals surface area (Å²) in [5.74, 6) is -15.9. The van der Waals surface area contributed by atoms with Crippen LogP contribution in [0.1, 0.15) is 52.9 Å². The predicted octanol–water partition coefficient (Wildman–Crippen LogP) is -10.9. The molecule has 23 N–H and O–H groups in total. The smallest absolute Gasteiger partial charge is 0.328 e. The summed E-state index contributed by atoms with van der Waals surface area (Å²) >= 11 is 3.90. The van der Waals surface area contributed by atoms with Gasteiger partial charge < -0.3 is 101 Å². The highest BCUT2D eigenvalue weighted by Crippen LogP contribution is 2.09. The molecule has 0 aromatic carbocycles. The number of carboxylic acids is 2. The summed E-state index contributed by atoms with van der Waals surface area (Å²) in [5.41, 5.74) is 21.7. The first-order valence-electron chi connectivity index (χ1n) is 21.5. The van der Waals surface area contributed by atoms with E-state index in [0.717, 1.165) is 0 Å². The lowest BCUT2D eigenvalue weighted by atomic mass is 10.0. The summed E-state index contributed by atoms with van der Waals surface area (Å²) in [6.45, 7) is 0.000118. The van der Waals surface area contributed by atoms with Crippen LogP contribution in [0, 0.1) is 5.92 Å². The molecule has 402 valence electrons. The van der Waals surface area contributed by atoms with E-state index in [2.05, 4.69) is 49.5 Å². The van der Waals surface area contributed by atoms with Gasteiger partial charge >= 0.3 is 11.9 Å². The maximum Gasteiger partial charge on any atom is 0.328 e. The summed E-state index contributed by atoms with van der Waals surface area (Å²) in [6.07, 6.45) is -2.73. The number of aliphatic hydroxyl groups excluding tert-OH is 4. The van der Waals surface area contributed by atoms with Crippen molar-refractivity contribution in [3.8, 4) is 0 Å². The Morgan fingerprint density at radius 1 is 0.493 bits per heavy atom. The first-order chi connectivity index (χ1) is 33.1. The zero-order chi connectivity index (χ0) is 54.7. The number of rotatable bonds is 34. The molecule has 0 aromatic rings. The minimum atomic E-state index is -2.11. The van der Waals surface area contributed by atoms with Crippen LogP contribution >= 0.6 is 12.6 Å². The van der Waals surface area contributed by atoms with Gasteiger partial charge in [0.1, 0.15) is 54.4 Å². The molecule has 0 spiro atoms. The van der Waals surface area contributed by atoms with Crippen LogP contribution in [-0.2, 0) is 57.5 Å². The Labute approximate surface area is 410 Å². The van der Waals surface area contributed by atoms with Crippen LogP contribution in [0.25, 0.3) is 0 Å². The second-order valence-corrected chi connectivity index (χ2v) is 16.3. The molecule has 0 aliphatic rings. The summed E-state index contributed by atoms with van der Waals surface area (Å²) in [4.78, 5) is 157. The Balaban J connectivity index is 6.54. The number of carbonyl (C=O) groups is 12. The molecule has 0 aromatic heterocycles. The lowest BCUT2D eigenvalue weighted by Crippen LogP contribution is -2.61. The third kappa shape index (κ3) is 24.5. The number of aliphatic hydroxyl groups is 4.